The number of rotatable bonds is 6. The molecule has 0 aliphatic carbocycles. The molecule has 0 radical (unpaired) electrons. The number of oxime groups is 1. The van der Waals surface area contributed by atoms with Crippen molar-refractivity contribution in [2.45, 2.75) is 25.4 Å². The summed E-state index contributed by atoms with van der Waals surface area (Å²) in [5, 5.41) is 21.2. The average Bonchev–Trinajstić information content (AvgIpc) is 3.14. The predicted octanol–water partition coefficient (Wildman–Crippen LogP) is 2.89. The second kappa shape index (κ2) is 8.26. The van der Waals surface area contributed by atoms with Gasteiger partial charge in [-0.25, -0.2) is 9.67 Å². The van der Waals surface area contributed by atoms with Crippen LogP contribution in [0.15, 0.2) is 41.8 Å². The number of hydrogen-bond donors (Lipinski definition) is 2. The van der Waals surface area contributed by atoms with E-state index in [-0.39, 0.29) is 0 Å². The molecule has 28 heavy (non-hydrogen) atoms. The van der Waals surface area contributed by atoms with Crippen molar-refractivity contribution in [3.05, 3.63) is 47.8 Å². The van der Waals surface area contributed by atoms with Crippen molar-refractivity contribution in [1.29, 1.82) is 0 Å². The summed E-state index contributed by atoms with van der Waals surface area (Å²) in [6.45, 7) is 2.09. The molecule has 1 aliphatic heterocycles. The number of aromatic nitrogens is 3. The number of fused-ring (bicyclic) bond motifs is 1. The largest absolute Gasteiger partial charge is 0.497 e. The Labute approximate surface area is 162 Å². The number of nitrogens with one attached hydrogen (secondary N) is 1. The van der Waals surface area contributed by atoms with Gasteiger partial charge in [-0.15, -0.1) is 0 Å². The first kappa shape index (κ1) is 18.2. The highest BCUT2D eigenvalue weighted by molar-refractivity contribution is 6.00. The molecule has 4 rings (SSSR count). The molecule has 0 atom stereocenters. The monoisotopic (exact) mass is 381 g/mol. The standard InChI is InChI=1S/C20H23N5O3/c1-27-17-4-2-14(3-5-17)13-25-20-18(12-22-25)19(15(10-21-20)11-23-26)24-16-6-8-28-9-7-16/h2-5,10-12,16,26H,6-9,13H2,1H3,(H,21,24)/b23-11+. The smallest absolute Gasteiger partial charge is 0.160 e. The Morgan fingerprint density at radius 1 is 1.29 bits per heavy atom. The van der Waals surface area contributed by atoms with E-state index in [9.17, 15) is 0 Å². The van der Waals surface area contributed by atoms with Crippen LogP contribution in [0.4, 0.5) is 5.69 Å². The first-order chi connectivity index (χ1) is 13.8. The van der Waals surface area contributed by atoms with E-state index in [4.69, 9.17) is 14.7 Å². The van der Waals surface area contributed by atoms with Gasteiger partial charge in [0.05, 0.1) is 37.1 Å². The molecular formula is C20H23N5O3. The van der Waals surface area contributed by atoms with Crippen molar-refractivity contribution in [1.82, 2.24) is 14.8 Å². The fourth-order valence-electron chi connectivity index (χ4n) is 3.43. The van der Waals surface area contributed by atoms with Gasteiger partial charge in [-0.2, -0.15) is 5.10 Å². The van der Waals surface area contributed by atoms with E-state index in [1.165, 1.54) is 6.21 Å². The quantitative estimate of drug-likeness (QED) is 0.387. The molecular weight excluding hydrogens is 358 g/mol. The molecule has 0 spiro atoms. The predicted molar refractivity (Wildman–Crippen MR) is 106 cm³/mol. The molecule has 0 unspecified atom stereocenters. The van der Waals surface area contributed by atoms with Crippen LogP contribution in [0.2, 0.25) is 0 Å². The fourth-order valence-corrected chi connectivity index (χ4v) is 3.43. The van der Waals surface area contributed by atoms with E-state index < -0.39 is 0 Å². The Kier molecular flexibility index (Phi) is 5.38. The van der Waals surface area contributed by atoms with Gasteiger partial charge in [-0.3, -0.25) is 0 Å². The van der Waals surface area contributed by atoms with Crippen LogP contribution < -0.4 is 10.1 Å². The third kappa shape index (κ3) is 3.77. The van der Waals surface area contributed by atoms with Gasteiger partial charge in [0.25, 0.3) is 0 Å². The maximum absolute atomic E-state index is 9.03. The molecule has 0 bridgehead atoms. The second-order valence-corrected chi connectivity index (χ2v) is 6.75. The molecule has 2 N–H and O–H groups in total. The average molecular weight is 381 g/mol. The number of hydrogen-bond acceptors (Lipinski definition) is 7. The highest BCUT2D eigenvalue weighted by atomic mass is 16.5. The summed E-state index contributed by atoms with van der Waals surface area (Å²) in [6, 6.07) is 8.20. The fraction of sp³-hybridized carbons (Fsp3) is 0.350. The van der Waals surface area contributed by atoms with Crippen molar-refractivity contribution in [3.63, 3.8) is 0 Å². The molecule has 8 nitrogen and oxygen atoms in total. The highest BCUT2D eigenvalue weighted by Gasteiger charge is 2.18. The molecule has 0 saturated carbocycles. The lowest BCUT2D eigenvalue weighted by atomic mass is 10.1. The van der Waals surface area contributed by atoms with Crippen molar-refractivity contribution in [2.75, 3.05) is 25.6 Å². The molecule has 1 saturated heterocycles. The van der Waals surface area contributed by atoms with Crippen LogP contribution in [0.1, 0.15) is 24.0 Å². The zero-order valence-electron chi connectivity index (χ0n) is 15.7. The van der Waals surface area contributed by atoms with Gasteiger partial charge >= 0.3 is 0 Å². The molecule has 146 valence electrons. The number of benzene rings is 1. The van der Waals surface area contributed by atoms with Crippen LogP contribution in [0, 0.1) is 0 Å². The summed E-state index contributed by atoms with van der Waals surface area (Å²) in [4.78, 5) is 4.55. The molecule has 1 aliphatic rings. The SMILES string of the molecule is COc1ccc(Cn2ncc3c(NC4CCOCC4)c(/C=N/O)cnc32)cc1. The molecule has 0 amide bonds. The molecule has 8 heteroatoms. The Bertz CT molecular complexity index is 962. The lowest BCUT2D eigenvalue weighted by Crippen LogP contribution is -2.28. The maximum Gasteiger partial charge on any atom is 0.160 e. The van der Waals surface area contributed by atoms with Gasteiger partial charge in [0.2, 0.25) is 0 Å². The minimum absolute atomic E-state index is 0.301. The van der Waals surface area contributed by atoms with E-state index >= 15 is 0 Å². The van der Waals surface area contributed by atoms with Crippen molar-refractivity contribution in [3.8, 4) is 5.75 Å². The first-order valence-electron chi connectivity index (χ1n) is 9.27. The van der Waals surface area contributed by atoms with Crippen LogP contribution in [0.3, 0.4) is 0 Å². The Hall–Kier alpha value is -3.13. The van der Waals surface area contributed by atoms with Crippen LogP contribution in [-0.4, -0.2) is 52.6 Å². The molecule has 3 aromatic rings. The van der Waals surface area contributed by atoms with Gasteiger partial charge in [0.15, 0.2) is 5.65 Å². The number of nitrogens with zero attached hydrogens (tertiary/aromatic N) is 4. The third-order valence-electron chi connectivity index (χ3n) is 4.95. The van der Waals surface area contributed by atoms with Crippen LogP contribution in [0.25, 0.3) is 11.0 Å². The number of pyridine rings is 1. The van der Waals surface area contributed by atoms with E-state index in [0.29, 0.717) is 12.6 Å². The maximum atomic E-state index is 9.03. The van der Waals surface area contributed by atoms with Gasteiger partial charge in [-0.05, 0) is 30.5 Å². The van der Waals surface area contributed by atoms with Crippen molar-refractivity contribution in [2.24, 2.45) is 5.16 Å². The summed E-state index contributed by atoms with van der Waals surface area (Å²) in [6.07, 6.45) is 6.77. The topological polar surface area (TPSA) is 93.8 Å². The van der Waals surface area contributed by atoms with E-state index in [1.54, 1.807) is 13.3 Å². The van der Waals surface area contributed by atoms with Gasteiger partial charge in [0.1, 0.15) is 5.75 Å². The van der Waals surface area contributed by atoms with Crippen LogP contribution in [0.5, 0.6) is 5.75 Å². The Balaban J connectivity index is 1.67. The minimum Gasteiger partial charge on any atom is -0.497 e. The van der Waals surface area contributed by atoms with Crippen LogP contribution >= 0.6 is 0 Å². The third-order valence-corrected chi connectivity index (χ3v) is 4.95. The zero-order valence-corrected chi connectivity index (χ0v) is 15.7. The lowest BCUT2D eigenvalue weighted by molar-refractivity contribution is 0.0905. The summed E-state index contributed by atoms with van der Waals surface area (Å²) < 4.78 is 12.5. The molecule has 2 aromatic heterocycles. The van der Waals surface area contributed by atoms with Gasteiger partial charge in [0, 0.05) is 31.0 Å². The zero-order chi connectivity index (χ0) is 19.3. The normalized spacial score (nSPS) is 15.3. The van der Waals surface area contributed by atoms with E-state index in [2.05, 4.69) is 20.6 Å². The van der Waals surface area contributed by atoms with E-state index in [0.717, 1.165) is 59.7 Å². The van der Waals surface area contributed by atoms with Gasteiger partial charge in [-0.1, -0.05) is 17.3 Å². The summed E-state index contributed by atoms with van der Waals surface area (Å²) in [7, 11) is 1.65. The first-order valence-corrected chi connectivity index (χ1v) is 9.27. The summed E-state index contributed by atoms with van der Waals surface area (Å²) in [5.74, 6) is 0.822. The minimum atomic E-state index is 0.301. The lowest BCUT2D eigenvalue weighted by Gasteiger charge is -2.25. The van der Waals surface area contributed by atoms with Crippen molar-refractivity contribution < 1.29 is 14.7 Å². The Morgan fingerprint density at radius 2 is 2.07 bits per heavy atom. The van der Waals surface area contributed by atoms with Crippen molar-refractivity contribution >= 4 is 22.9 Å². The highest BCUT2D eigenvalue weighted by Crippen LogP contribution is 2.28. The molecule has 1 fully saturated rings. The number of methoxy groups -OCH3 is 1. The number of anilines is 1. The van der Waals surface area contributed by atoms with Gasteiger partial charge < -0.3 is 20.0 Å². The number of ether oxygens (including phenoxy) is 2. The van der Waals surface area contributed by atoms with Crippen LogP contribution in [-0.2, 0) is 11.3 Å². The molecule has 3 heterocycles. The Morgan fingerprint density at radius 3 is 2.79 bits per heavy atom. The summed E-state index contributed by atoms with van der Waals surface area (Å²) >= 11 is 0. The second-order valence-electron chi connectivity index (χ2n) is 6.75. The molecule has 1 aromatic carbocycles. The van der Waals surface area contributed by atoms with E-state index in [1.807, 2.05) is 35.1 Å². The summed E-state index contributed by atoms with van der Waals surface area (Å²) in [5.41, 5.74) is 3.49.